The molecule has 0 fully saturated rings. The molecular formula is C45H87N2O6P. The van der Waals surface area contributed by atoms with Crippen molar-refractivity contribution in [2.45, 2.75) is 225 Å². The summed E-state index contributed by atoms with van der Waals surface area (Å²) >= 11 is 0. The van der Waals surface area contributed by atoms with Gasteiger partial charge >= 0.3 is 7.82 Å². The zero-order chi connectivity index (χ0) is 39.6. The van der Waals surface area contributed by atoms with Gasteiger partial charge in [-0.15, -0.1) is 0 Å². The average molecular weight is 783 g/mol. The van der Waals surface area contributed by atoms with E-state index in [1.165, 1.54) is 148 Å². The summed E-state index contributed by atoms with van der Waals surface area (Å²) < 4.78 is 22.1. The van der Waals surface area contributed by atoms with E-state index < -0.39 is 20.0 Å². The molecule has 8 nitrogen and oxygen atoms in total. The van der Waals surface area contributed by atoms with Crippen molar-refractivity contribution in [2.24, 2.45) is 5.73 Å². The van der Waals surface area contributed by atoms with Crippen LogP contribution in [0.2, 0.25) is 0 Å². The number of nitrogens with one attached hydrogen (secondary N) is 1. The molecule has 0 bridgehead atoms. The van der Waals surface area contributed by atoms with Crippen molar-refractivity contribution < 1.29 is 28.4 Å². The second kappa shape index (κ2) is 41.4. The average Bonchev–Trinajstić information content (AvgIpc) is 3.16. The van der Waals surface area contributed by atoms with E-state index in [-0.39, 0.29) is 25.7 Å². The number of carbonyl (C=O) groups is 1. The molecule has 0 heterocycles. The lowest BCUT2D eigenvalue weighted by Gasteiger charge is -2.23. The lowest BCUT2D eigenvalue weighted by atomic mass is 10.0. The number of amides is 1. The monoisotopic (exact) mass is 783 g/mol. The third kappa shape index (κ3) is 39.0. The molecule has 0 aliphatic heterocycles. The molecule has 5 N–H and O–H groups in total. The van der Waals surface area contributed by atoms with Gasteiger partial charge in [-0.3, -0.25) is 13.8 Å². The van der Waals surface area contributed by atoms with E-state index in [1.54, 1.807) is 6.08 Å². The van der Waals surface area contributed by atoms with Crippen molar-refractivity contribution in [1.29, 1.82) is 0 Å². The molecule has 0 aromatic rings. The number of aliphatic hydroxyl groups excluding tert-OH is 1. The summed E-state index contributed by atoms with van der Waals surface area (Å²) in [5, 5.41) is 13.7. The van der Waals surface area contributed by atoms with E-state index in [4.69, 9.17) is 14.8 Å². The molecule has 9 heteroatoms. The smallest absolute Gasteiger partial charge is 0.387 e. The highest BCUT2D eigenvalue weighted by Crippen LogP contribution is 2.43. The van der Waals surface area contributed by atoms with Crippen LogP contribution >= 0.6 is 7.82 Å². The first kappa shape index (κ1) is 52.7. The summed E-state index contributed by atoms with van der Waals surface area (Å²) in [5.41, 5.74) is 5.38. The molecule has 3 atom stereocenters. The third-order valence-electron chi connectivity index (χ3n) is 9.96. The maximum absolute atomic E-state index is 12.8. The van der Waals surface area contributed by atoms with Crippen molar-refractivity contribution in [3.05, 3.63) is 36.5 Å². The zero-order valence-corrected chi connectivity index (χ0v) is 36.1. The Hall–Kier alpha value is -1.28. The number of hydrogen-bond donors (Lipinski definition) is 4. The van der Waals surface area contributed by atoms with Gasteiger partial charge in [0.2, 0.25) is 5.91 Å². The van der Waals surface area contributed by atoms with Gasteiger partial charge in [0, 0.05) is 13.0 Å². The van der Waals surface area contributed by atoms with Crippen molar-refractivity contribution >= 4 is 13.7 Å². The maximum Gasteiger partial charge on any atom is 0.472 e. The fourth-order valence-electron chi connectivity index (χ4n) is 6.52. The van der Waals surface area contributed by atoms with Gasteiger partial charge in [0.25, 0.3) is 0 Å². The van der Waals surface area contributed by atoms with Crippen LogP contribution in [0.1, 0.15) is 213 Å². The number of allylic oxidation sites excluding steroid dienone is 5. The van der Waals surface area contributed by atoms with Crippen LogP contribution in [0, 0.1) is 0 Å². The first-order valence-electron chi connectivity index (χ1n) is 22.6. The van der Waals surface area contributed by atoms with Gasteiger partial charge in [-0.1, -0.05) is 192 Å². The van der Waals surface area contributed by atoms with Crippen LogP contribution in [0.4, 0.5) is 0 Å². The lowest BCUT2D eigenvalue weighted by Crippen LogP contribution is -2.45. The molecule has 3 unspecified atom stereocenters. The SMILES string of the molecule is CCCCC/C=C\C/C=C\CCCCCCCCCCCC(=O)NC(COP(=O)(O)OCCN)C(O)/C=C/CCCCCCCCCCCCCCCC. The summed E-state index contributed by atoms with van der Waals surface area (Å²) in [6.45, 7) is 4.12. The van der Waals surface area contributed by atoms with Crippen LogP contribution < -0.4 is 11.1 Å². The second-order valence-corrected chi connectivity index (χ2v) is 16.7. The largest absolute Gasteiger partial charge is 0.472 e. The fraction of sp³-hybridized carbons (Fsp3) is 0.844. The molecule has 0 aliphatic carbocycles. The number of nitrogens with two attached hydrogens (primary N) is 1. The molecule has 318 valence electrons. The van der Waals surface area contributed by atoms with Crippen molar-refractivity contribution in [3.63, 3.8) is 0 Å². The molecule has 0 aliphatic rings. The van der Waals surface area contributed by atoms with Gasteiger partial charge in [0.05, 0.1) is 25.4 Å². The molecule has 0 aromatic carbocycles. The summed E-state index contributed by atoms with van der Waals surface area (Å²) in [5.74, 6) is -0.198. The van der Waals surface area contributed by atoms with Crippen LogP contribution in [-0.4, -0.2) is 47.8 Å². The first-order chi connectivity index (χ1) is 26.4. The van der Waals surface area contributed by atoms with Gasteiger partial charge in [-0.2, -0.15) is 0 Å². The number of rotatable bonds is 42. The van der Waals surface area contributed by atoms with Crippen LogP contribution in [0.5, 0.6) is 0 Å². The zero-order valence-electron chi connectivity index (χ0n) is 35.2. The minimum absolute atomic E-state index is 0.0776. The summed E-state index contributed by atoms with van der Waals surface area (Å²) in [7, 11) is -4.34. The molecule has 0 aromatic heterocycles. The number of hydrogen-bond acceptors (Lipinski definition) is 6. The molecule has 54 heavy (non-hydrogen) atoms. The molecular weight excluding hydrogens is 695 g/mol. The van der Waals surface area contributed by atoms with Crippen LogP contribution in [0.3, 0.4) is 0 Å². The summed E-state index contributed by atoms with van der Waals surface area (Å²) in [4.78, 5) is 22.7. The molecule has 1 amide bonds. The maximum atomic E-state index is 12.8. The topological polar surface area (TPSA) is 131 Å². The Morgan fingerprint density at radius 3 is 1.50 bits per heavy atom. The number of aliphatic hydroxyl groups is 1. The molecule has 0 saturated carbocycles. The summed E-state index contributed by atoms with van der Waals surface area (Å²) in [6, 6.07) is -0.861. The highest BCUT2D eigenvalue weighted by atomic mass is 31.2. The van der Waals surface area contributed by atoms with E-state index in [9.17, 15) is 19.4 Å². The molecule has 0 rings (SSSR count). The predicted molar refractivity (Wildman–Crippen MR) is 231 cm³/mol. The standard InChI is InChI=1S/C45H87N2O6P/c1-3-5-7-9-11-13-15-17-19-21-22-23-25-27-29-31-33-35-37-39-45(49)47-43(42-53-54(50,51)52-41-40-46)44(48)38-36-34-32-30-28-26-24-20-18-16-14-12-10-8-6-4-2/h11,13,17,19,36,38,43-44,48H,3-10,12,14-16,18,20-35,37,39-42,46H2,1-2H3,(H,47,49)(H,50,51)/b13-11-,19-17-,38-36+. The predicted octanol–water partition coefficient (Wildman–Crippen LogP) is 12.7. The second-order valence-electron chi connectivity index (χ2n) is 15.3. The van der Waals surface area contributed by atoms with Gasteiger partial charge in [0.15, 0.2) is 0 Å². The Kier molecular flexibility index (Phi) is 40.4. The number of unbranched alkanes of at least 4 members (excludes halogenated alkanes) is 26. The van der Waals surface area contributed by atoms with Gasteiger partial charge in [-0.25, -0.2) is 4.57 Å². The third-order valence-corrected chi connectivity index (χ3v) is 10.9. The Morgan fingerprint density at radius 1 is 0.611 bits per heavy atom. The Bertz CT molecular complexity index is 943. The van der Waals surface area contributed by atoms with Crippen molar-refractivity contribution in [3.8, 4) is 0 Å². The highest BCUT2D eigenvalue weighted by Gasteiger charge is 2.26. The van der Waals surface area contributed by atoms with E-state index in [0.717, 1.165) is 44.9 Å². The lowest BCUT2D eigenvalue weighted by molar-refractivity contribution is -0.123. The van der Waals surface area contributed by atoms with Gasteiger partial charge < -0.3 is 21.1 Å². The first-order valence-corrected chi connectivity index (χ1v) is 24.1. The Morgan fingerprint density at radius 2 is 1.02 bits per heavy atom. The quantitative estimate of drug-likeness (QED) is 0.0275. The van der Waals surface area contributed by atoms with Crippen LogP contribution in [-0.2, 0) is 18.4 Å². The Balaban J connectivity index is 4.19. The summed E-state index contributed by atoms with van der Waals surface area (Å²) in [6.07, 6.45) is 49.0. The van der Waals surface area contributed by atoms with E-state index in [2.05, 4.69) is 43.5 Å². The van der Waals surface area contributed by atoms with Gasteiger partial charge in [0.1, 0.15) is 0 Å². The minimum Gasteiger partial charge on any atom is -0.387 e. The van der Waals surface area contributed by atoms with E-state index in [0.29, 0.717) is 6.42 Å². The van der Waals surface area contributed by atoms with E-state index in [1.807, 2.05) is 6.08 Å². The number of carbonyl (C=O) groups excluding carboxylic acids is 1. The molecule has 0 spiro atoms. The fourth-order valence-corrected chi connectivity index (χ4v) is 7.27. The van der Waals surface area contributed by atoms with Crippen LogP contribution in [0.15, 0.2) is 36.5 Å². The minimum atomic E-state index is -4.34. The molecule has 0 saturated heterocycles. The Labute approximate surface area is 333 Å². The van der Waals surface area contributed by atoms with Crippen molar-refractivity contribution in [2.75, 3.05) is 19.8 Å². The van der Waals surface area contributed by atoms with Crippen molar-refractivity contribution in [1.82, 2.24) is 5.32 Å². The normalized spacial score (nSPS) is 14.4. The number of phosphoric acid groups is 1. The number of phosphoric ester groups is 1. The van der Waals surface area contributed by atoms with E-state index >= 15 is 0 Å². The molecule has 0 radical (unpaired) electrons. The van der Waals surface area contributed by atoms with Crippen LogP contribution in [0.25, 0.3) is 0 Å². The van der Waals surface area contributed by atoms with Gasteiger partial charge in [-0.05, 0) is 51.4 Å². The highest BCUT2D eigenvalue weighted by molar-refractivity contribution is 7.47.